The van der Waals surface area contributed by atoms with E-state index in [-0.39, 0.29) is 0 Å². The van der Waals surface area contributed by atoms with Gasteiger partial charge in [0.05, 0.1) is 11.4 Å². The van der Waals surface area contributed by atoms with Gasteiger partial charge in [0.1, 0.15) is 0 Å². The topological polar surface area (TPSA) is 42.2 Å². The Bertz CT molecular complexity index is 787. The maximum absolute atomic E-state index is 5.45. The van der Waals surface area contributed by atoms with Gasteiger partial charge in [-0.1, -0.05) is 39.3 Å². The molecule has 1 atom stereocenters. The van der Waals surface area contributed by atoms with Crippen LogP contribution in [-0.4, -0.2) is 21.6 Å². The van der Waals surface area contributed by atoms with Gasteiger partial charge in [-0.05, 0) is 48.5 Å². The maximum atomic E-state index is 5.45. The third-order valence-electron chi connectivity index (χ3n) is 4.15. The quantitative estimate of drug-likeness (QED) is 0.636. The van der Waals surface area contributed by atoms with Crippen molar-refractivity contribution >= 4 is 27.3 Å². The molecule has 4 rings (SSSR count). The second-order valence-corrected chi connectivity index (χ2v) is 7.54. The summed E-state index contributed by atoms with van der Waals surface area (Å²) >= 11 is 5.19. The van der Waals surface area contributed by atoms with Crippen LogP contribution in [0.2, 0.25) is 0 Å². The Hall–Kier alpha value is -1.50. The van der Waals surface area contributed by atoms with E-state index in [2.05, 4.69) is 55.2 Å². The van der Waals surface area contributed by atoms with Crippen LogP contribution in [0.4, 0.5) is 0 Å². The van der Waals surface area contributed by atoms with Gasteiger partial charge in [0.2, 0.25) is 11.7 Å². The lowest BCUT2D eigenvalue weighted by Crippen LogP contribution is -2.22. The minimum absolute atomic E-state index is 0.421. The van der Waals surface area contributed by atoms with Crippen LogP contribution in [0, 0.1) is 0 Å². The number of halogens is 1. The Morgan fingerprint density at radius 2 is 2.26 bits per heavy atom. The highest BCUT2D eigenvalue weighted by Gasteiger charge is 2.27. The first-order valence-corrected chi connectivity index (χ1v) is 9.33. The number of aromatic nitrogens is 2. The lowest BCUT2D eigenvalue weighted by atomic mass is 10.0. The SMILES string of the molecule is Brc1cccc(C2CCCN2Cc2nc(-c3cccs3)no2)c1. The van der Waals surface area contributed by atoms with E-state index in [1.54, 1.807) is 11.3 Å². The standard InChI is InChI=1S/C17H16BrN3OS/c18-13-5-1-4-12(10-13)14-6-2-8-21(14)11-16-19-17(20-22-16)15-7-3-9-23-15/h1,3-5,7,9-10,14H,2,6,8,11H2. The molecule has 0 bridgehead atoms. The molecule has 4 nitrogen and oxygen atoms in total. The van der Waals surface area contributed by atoms with Crippen molar-refractivity contribution < 1.29 is 4.52 Å². The van der Waals surface area contributed by atoms with Gasteiger partial charge in [-0.15, -0.1) is 11.3 Å². The van der Waals surface area contributed by atoms with E-state index in [1.807, 2.05) is 17.5 Å². The second-order valence-electron chi connectivity index (χ2n) is 5.67. The lowest BCUT2D eigenvalue weighted by Gasteiger charge is -2.23. The first kappa shape index (κ1) is 15.1. The fraction of sp³-hybridized carbons (Fsp3) is 0.294. The number of nitrogens with zero attached hydrogens (tertiary/aromatic N) is 3. The van der Waals surface area contributed by atoms with Gasteiger partial charge in [-0.2, -0.15) is 4.98 Å². The van der Waals surface area contributed by atoms with Crippen molar-refractivity contribution in [3.05, 3.63) is 57.7 Å². The molecular weight excluding hydrogens is 374 g/mol. The van der Waals surface area contributed by atoms with E-state index in [0.29, 0.717) is 24.3 Å². The predicted molar refractivity (Wildman–Crippen MR) is 94.1 cm³/mol. The molecular formula is C17H16BrN3OS. The van der Waals surface area contributed by atoms with Crippen molar-refractivity contribution in [1.29, 1.82) is 0 Å². The van der Waals surface area contributed by atoms with Gasteiger partial charge in [0.15, 0.2) is 0 Å². The zero-order valence-electron chi connectivity index (χ0n) is 12.5. The third kappa shape index (κ3) is 3.24. The zero-order chi connectivity index (χ0) is 15.6. The molecule has 0 spiro atoms. The van der Waals surface area contributed by atoms with Crippen LogP contribution in [0.25, 0.3) is 10.7 Å². The van der Waals surface area contributed by atoms with E-state index in [4.69, 9.17) is 4.52 Å². The maximum Gasteiger partial charge on any atom is 0.241 e. The van der Waals surface area contributed by atoms with Gasteiger partial charge in [-0.25, -0.2) is 0 Å². The minimum Gasteiger partial charge on any atom is -0.338 e. The van der Waals surface area contributed by atoms with Gasteiger partial charge < -0.3 is 4.52 Å². The van der Waals surface area contributed by atoms with Crippen LogP contribution in [0.5, 0.6) is 0 Å². The van der Waals surface area contributed by atoms with Crippen LogP contribution in [0.1, 0.15) is 30.3 Å². The van der Waals surface area contributed by atoms with E-state index in [9.17, 15) is 0 Å². The van der Waals surface area contributed by atoms with Crippen LogP contribution in [0.3, 0.4) is 0 Å². The molecule has 6 heteroatoms. The molecule has 0 amide bonds. The fourth-order valence-electron chi connectivity index (χ4n) is 3.11. The number of likely N-dealkylation sites (tertiary alicyclic amines) is 1. The summed E-state index contributed by atoms with van der Waals surface area (Å²) in [6.07, 6.45) is 2.37. The molecule has 23 heavy (non-hydrogen) atoms. The van der Waals surface area contributed by atoms with Crippen molar-refractivity contribution in [2.24, 2.45) is 0 Å². The summed E-state index contributed by atoms with van der Waals surface area (Å²) in [5.41, 5.74) is 1.34. The van der Waals surface area contributed by atoms with Gasteiger partial charge in [-0.3, -0.25) is 4.90 Å². The van der Waals surface area contributed by atoms with Crippen molar-refractivity contribution in [3.63, 3.8) is 0 Å². The molecule has 1 saturated heterocycles. The molecule has 2 aromatic heterocycles. The number of thiophene rings is 1. The second kappa shape index (κ2) is 6.55. The summed E-state index contributed by atoms with van der Waals surface area (Å²) in [4.78, 5) is 8.01. The smallest absolute Gasteiger partial charge is 0.241 e. The summed E-state index contributed by atoms with van der Waals surface area (Å²) in [5.74, 6) is 1.38. The number of rotatable bonds is 4. The molecule has 0 aliphatic carbocycles. The number of hydrogen-bond donors (Lipinski definition) is 0. The highest BCUT2D eigenvalue weighted by atomic mass is 79.9. The van der Waals surface area contributed by atoms with E-state index in [1.165, 1.54) is 18.4 Å². The zero-order valence-corrected chi connectivity index (χ0v) is 14.9. The normalized spacial score (nSPS) is 18.6. The molecule has 1 fully saturated rings. The van der Waals surface area contributed by atoms with Crippen LogP contribution in [-0.2, 0) is 6.54 Å². The monoisotopic (exact) mass is 389 g/mol. The predicted octanol–water partition coefficient (Wildman–Crippen LogP) is 4.90. The molecule has 1 aliphatic heterocycles. The van der Waals surface area contributed by atoms with Crippen molar-refractivity contribution in [3.8, 4) is 10.7 Å². The van der Waals surface area contributed by atoms with E-state index in [0.717, 1.165) is 15.9 Å². The largest absolute Gasteiger partial charge is 0.338 e. The number of hydrogen-bond acceptors (Lipinski definition) is 5. The van der Waals surface area contributed by atoms with Gasteiger partial charge in [0.25, 0.3) is 0 Å². The molecule has 0 radical (unpaired) electrons. The Morgan fingerprint density at radius 1 is 1.30 bits per heavy atom. The Balaban J connectivity index is 1.52. The molecule has 0 saturated carbocycles. The molecule has 1 aromatic carbocycles. The average molecular weight is 390 g/mol. The van der Waals surface area contributed by atoms with Crippen molar-refractivity contribution in [2.75, 3.05) is 6.54 Å². The lowest BCUT2D eigenvalue weighted by molar-refractivity contribution is 0.212. The van der Waals surface area contributed by atoms with Crippen LogP contribution < -0.4 is 0 Å². The number of benzene rings is 1. The highest BCUT2D eigenvalue weighted by Crippen LogP contribution is 2.34. The molecule has 1 aliphatic rings. The van der Waals surface area contributed by atoms with Gasteiger partial charge >= 0.3 is 0 Å². The minimum atomic E-state index is 0.421. The summed E-state index contributed by atoms with van der Waals surface area (Å²) in [7, 11) is 0. The van der Waals surface area contributed by atoms with E-state index >= 15 is 0 Å². The first-order valence-electron chi connectivity index (χ1n) is 7.65. The van der Waals surface area contributed by atoms with Crippen LogP contribution >= 0.6 is 27.3 Å². The van der Waals surface area contributed by atoms with Gasteiger partial charge in [0, 0.05) is 10.5 Å². The summed E-state index contributed by atoms with van der Waals surface area (Å²) in [5, 5.41) is 6.13. The molecule has 118 valence electrons. The molecule has 0 N–H and O–H groups in total. The van der Waals surface area contributed by atoms with Crippen molar-refractivity contribution in [1.82, 2.24) is 15.0 Å². The van der Waals surface area contributed by atoms with Crippen molar-refractivity contribution in [2.45, 2.75) is 25.4 Å². The molecule has 3 aromatic rings. The van der Waals surface area contributed by atoms with Crippen LogP contribution in [0.15, 0.2) is 50.8 Å². The molecule has 3 heterocycles. The average Bonchev–Trinajstić information content (AvgIpc) is 3.29. The summed E-state index contributed by atoms with van der Waals surface area (Å²) < 4.78 is 6.58. The summed E-state index contributed by atoms with van der Waals surface area (Å²) in [6.45, 7) is 1.77. The molecule has 1 unspecified atom stereocenters. The third-order valence-corrected chi connectivity index (χ3v) is 5.50. The Kier molecular flexibility index (Phi) is 4.29. The Morgan fingerprint density at radius 3 is 3.09 bits per heavy atom. The summed E-state index contributed by atoms with van der Waals surface area (Å²) in [6, 6.07) is 13.0. The first-order chi connectivity index (χ1) is 11.3. The highest BCUT2D eigenvalue weighted by molar-refractivity contribution is 9.10. The fourth-order valence-corrected chi connectivity index (χ4v) is 4.17. The Labute approximate surface area is 147 Å². The van der Waals surface area contributed by atoms with E-state index < -0.39 is 0 Å².